The first-order valence-corrected chi connectivity index (χ1v) is 7.64. The molecule has 0 aliphatic carbocycles. The molecule has 0 atom stereocenters. The van der Waals surface area contributed by atoms with Crippen molar-refractivity contribution < 1.29 is 9.53 Å². The molecule has 0 saturated carbocycles. The summed E-state index contributed by atoms with van der Waals surface area (Å²) in [6, 6.07) is 14.7. The Balaban J connectivity index is 2.00. The highest BCUT2D eigenvalue weighted by Gasteiger charge is 2.09. The number of rotatable bonds is 5. The van der Waals surface area contributed by atoms with Gasteiger partial charge in [-0.1, -0.05) is 26.0 Å². The van der Waals surface area contributed by atoms with Crippen LogP contribution in [0, 0.1) is 5.92 Å². The highest BCUT2D eigenvalue weighted by Crippen LogP contribution is 2.20. The molecular weight excluding hydrogens is 330 g/mol. The average Bonchev–Trinajstić information content (AvgIpc) is 2.47. The Hall–Kier alpha value is -1.81. The summed E-state index contributed by atoms with van der Waals surface area (Å²) in [6.07, 6.45) is 0. The summed E-state index contributed by atoms with van der Waals surface area (Å²) in [7, 11) is 0. The number of carbonyl (C=O) groups excluding carboxylic acids is 1. The number of benzene rings is 2. The normalized spacial score (nSPS) is 10.5. The van der Waals surface area contributed by atoms with Gasteiger partial charge in [-0.05, 0) is 58.2 Å². The van der Waals surface area contributed by atoms with Crippen molar-refractivity contribution in [1.82, 2.24) is 0 Å². The van der Waals surface area contributed by atoms with Gasteiger partial charge in [0.25, 0.3) is 5.91 Å². The zero-order chi connectivity index (χ0) is 15.2. The molecule has 0 spiro atoms. The van der Waals surface area contributed by atoms with Crippen molar-refractivity contribution in [2.75, 3.05) is 11.9 Å². The Kier molecular flexibility index (Phi) is 5.39. The molecule has 110 valence electrons. The van der Waals surface area contributed by atoms with Crippen LogP contribution in [0.3, 0.4) is 0 Å². The lowest BCUT2D eigenvalue weighted by Gasteiger charge is -2.10. The standard InChI is InChI=1S/C17H18BrNO2/c1-12(2)11-21-14-9-7-13(8-10-14)19-17(20)15-5-3-4-6-16(15)18/h3-10,12H,11H2,1-2H3,(H,19,20). The van der Waals surface area contributed by atoms with Crippen LogP contribution in [-0.4, -0.2) is 12.5 Å². The molecule has 0 aromatic heterocycles. The summed E-state index contributed by atoms with van der Waals surface area (Å²) in [4.78, 5) is 12.2. The van der Waals surface area contributed by atoms with E-state index in [4.69, 9.17) is 4.74 Å². The van der Waals surface area contributed by atoms with Crippen molar-refractivity contribution >= 4 is 27.5 Å². The molecule has 0 unspecified atom stereocenters. The predicted molar refractivity (Wildman–Crippen MR) is 88.9 cm³/mol. The smallest absolute Gasteiger partial charge is 0.256 e. The molecule has 0 aliphatic rings. The van der Waals surface area contributed by atoms with Crippen LogP contribution in [0.1, 0.15) is 24.2 Å². The van der Waals surface area contributed by atoms with Crippen LogP contribution in [0.25, 0.3) is 0 Å². The van der Waals surface area contributed by atoms with Gasteiger partial charge in [0.2, 0.25) is 0 Å². The molecular formula is C17H18BrNO2. The molecule has 0 saturated heterocycles. The van der Waals surface area contributed by atoms with E-state index < -0.39 is 0 Å². The van der Waals surface area contributed by atoms with Gasteiger partial charge in [0.05, 0.1) is 12.2 Å². The number of hydrogen-bond acceptors (Lipinski definition) is 2. The molecule has 1 N–H and O–H groups in total. The monoisotopic (exact) mass is 347 g/mol. The number of halogens is 1. The lowest BCUT2D eigenvalue weighted by Crippen LogP contribution is -2.12. The first-order valence-electron chi connectivity index (χ1n) is 6.85. The zero-order valence-electron chi connectivity index (χ0n) is 12.1. The minimum Gasteiger partial charge on any atom is -0.493 e. The molecule has 2 rings (SSSR count). The number of nitrogens with one attached hydrogen (secondary N) is 1. The minimum absolute atomic E-state index is 0.140. The van der Waals surface area contributed by atoms with Crippen LogP contribution in [0.15, 0.2) is 53.0 Å². The van der Waals surface area contributed by atoms with E-state index in [0.29, 0.717) is 18.1 Å². The summed E-state index contributed by atoms with van der Waals surface area (Å²) >= 11 is 3.38. The fourth-order valence-electron chi connectivity index (χ4n) is 1.74. The second-order valence-electron chi connectivity index (χ2n) is 5.16. The average molecular weight is 348 g/mol. The number of ether oxygens (including phenoxy) is 1. The molecule has 0 fully saturated rings. The largest absolute Gasteiger partial charge is 0.493 e. The first kappa shape index (κ1) is 15.6. The van der Waals surface area contributed by atoms with Crippen molar-refractivity contribution in [2.45, 2.75) is 13.8 Å². The molecule has 3 nitrogen and oxygen atoms in total. The highest BCUT2D eigenvalue weighted by molar-refractivity contribution is 9.10. The Labute approximate surface area is 133 Å². The van der Waals surface area contributed by atoms with Crippen molar-refractivity contribution in [3.63, 3.8) is 0 Å². The van der Waals surface area contributed by atoms with Gasteiger partial charge in [-0.15, -0.1) is 0 Å². The summed E-state index contributed by atoms with van der Waals surface area (Å²) in [5.41, 5.74) is 1.35. The Bertz CT molecular complexity index is 608. The van der Waals surface area contributed by atoms with Gasteiger partial charge < -0.3 is 10.1 Å². The predicted octanol–water partition coefficient (Wildman–Crippen LogP) is 4.74. The van der Waals surface area contributed by atoms with Crippen LogP contribution in [0.4, 0.5) is 5.69 Å². The van der Waals surface area contributed by atoms with Crippen molar-refractivity contribution in [1.29, 1.82) is 0 Å². The lowest BCUT2D eigenvalue weighted by atomic mass is 10.2. The fraction of sp³-hybridized carbons (Fsp3) is 0.235. The maximum atomic E-state index is 12.2. The van der Waals surface area contributed by atoms with Gasteiger partial charge in [-0.25, -0.2) is 0 Å². The third-order valence-electron chi connectivity index (χ3n) is 2.81. The summed E-state index contributed by atoms with van der Waals surface area (Å²) < 4.78 is 6.39. The molecule has 2 aromatic carbocycles. The highest BCUT2D eigenvalue weighted by atomic mass is 79.9. The minimum atomic E-state index is -0.140. The van der Waals surface area contributed by atoms with E-state index in [-0.39, 0.29) is 5.91 Å². The molecule has 0 bridgehead atoms. The van der Waals surface area contributed by atoms with E-state index in [9.17, 15) is 4.79 Å². The van der Waals surface area contributed by atoms with Gasteiger partial charge in [-0.3, -0.25) is 4.79 Å². The third kappa shape index (κ3) is 4.60. The summed E-state index contributed by atoms with van der Waals surface area (Å²) in [6.45, 7) is 4.89. The molecule has 4 heteroatoms. The van der Waals surface area contributed by atoms with E-state index in [1.54, 1.807) is 6.07 Å². The Morgan fingerprint density at radius 2 is 1.81 bits per heavy atom. The SMILES string of the molecule is CC(C)COc1ccc(NC(=O)c2ccccc2Br)cc1. The second kappa shape index (κ2) is 7.27. The van der Waals surface area contributed by atoms with E-state index in [1.165, 1.54) is 0 Å². The maximum Gasteiger partial charge on any atom is 0.256 e. The number of hydrogen-bond donors (Lipinski definition) is 1. The van der Waals surface area contributed by atoms with E-state index in [2.05, 4.69) is 35.1 Å². The first-order chi connectivity index (χ1) is 10.1. The lowest BCUT2D eigenvalue weighted by molar-refractivity contribution is 0.102. The van der Waals surface area contributed by atoms with Crippen LogP contribution in [0.2, 0.25) is 0 Å². The van der Waals surface area contributed by atoms with Crippen LogP contribution in [-0.2, 0) is 0 Å². The fourth-order valence-corrected chi connectivity index (χ4v) is 2.21. The molecule has 2 aromatic rings. The van der Waals surface area contributed by atoms with E-state index >= 15 is 0 Å². The summed E-state index contributed by atoms with van der Waals surface area (Å²) in [5.74, 6) is 1.15. The van der Waals surface area contributed by atoms with Crippen molar-refractivity contribution in [2.24, 2.45) is 5.92 Å². The van der Waals surface area contributed by atoms with Crippen LogP contribution in [0.5, 0.6) is 5.75 Å². The summed E-state index contributed by atoms with van der Waals surface area (Å²) in [5, 5.41) is 2.87. The van der Waals surface area contributed by atoms with Gasteiger partial charge in [0.1, 0.15) is 5.75 Å². The number of anilines is 1. The Morgan fingerprint density at radius 3 is 2.43 bits per heavy atom. The Morgan fingerprint density at radius 1 is 1.14 bits per heavy atom. The number of carbonyl (C=O) groups is 1. The van der Waals surface area contributed by atoms with Crippen LogP contribution < -0.4 is 10.1 Å². The van der Waals surface area contributed by atoms with E-state index in [0.717, 1.165) is 15.9 Å². The molecule has 0 aliphatic heterocycles. The van der Waals surface area contributed by atoms with Gasteiger partial charge >= 0.3 is 0 Å². The molecule has 1 amide bonds. The third-order valence-corrected chi connectivity index (χ3v) is 3.51. The topological polar surface area (TPSA) is 38.3 Å². The zero-order valence-corrected chi connectivity index (χ0v) is 13.7. The van der Waals surface area contributed by atoms with Crippen molar-refractivity contribution in [3.8, 4) is 5.75 Å². The van der Waals surface area contributed by atoms with Gasteiger partial charge in [0.15, 0.2) is 0 Å². The van der Waals surface area contributed by atoms with E-state index in [1.807, 2.05) is 42.5 Å². The molecule has 0 heterocycles. The van der Waals surface area contributed by atoms with Crippen LogP contribution >= 0.6 is 15.9 Å². The van der Waals surface area contributed by atoms with Crippen molar-refractivity contribution in [3.05, 3.63) is 58.6 Å². The second-order valence-corrected chi connectivity index (χ2v) is 6.02. The molecule has 21 heavy (non-hydrogen) atoms. The maximum absolute atomic E-state index is 12.2. The number of amides is 1. The quantitative estimate of drug-likeness (QED) is 0.848. The van der Waals surface area contributed by atoms with Gasteiger partial charge in [-0.2, -0.15) is 0 Å². The molecule has 0 radical (unpaired) electrons. The van der Waals surface area contributed by atoms with Gasteiger partial charge in [0, 0.05) is 10.2 Å².